The van der Waals surface area contributed by atoms with E-state index in [0.29, 0.717) is 11.5 Å². The van der Waals surface area contributed by atoms with Gasteiger partial charge >= 0.3 is 0 Å². The number of benzene rings is 1. The van der Waals surface area contributed by atoms with Gasteiger partial charge in [0.05, 0.1) is 6.20 Å². The first-order valence-electron chi connectivity index (χ1n) is 5.82. The van der Waals surface area contributed by atoms with Gasteiger partial charge in [0.25, 0.3) is 0 Å². The van der Waals surface area contributed by atoms with Gasteiger partial charge in [0.15, 0.2) is 6.29 Å². The van der Waals surface area contributed by atoms with Crippen molar-refractivity contribution in [3.8, 4) is 11.1 Å². The Bertz CT molecular complexity index is 776. The van der Waals surface area contributed by atoms with Gasteiger partial charge in [0.1, 0.15) is 11.5 Å². The largest absolute Gasteiger partial charge is 0.384 e. The highest BCUT2D eigenvalue weighted by Crippen LogP contribution is 2.26. The van der Waals surface area contributed by atoms with Crippen molar-refractivity contribution < 1.29 is 4.79 Å². The van der Waals surface area contributed by atoms with Crippen molar-refractivity contribution in [3.05, 3.63) is 42.4 Å². The molecule has 1 aromatic carbocycles. The third-order valence-electron chi connectivity index (χ3n) is 3.15. The number of carbonyl (C=O) groups excluding carboxylic acids is 1. The Morgan fingerprint density at radius 2 is 2.05 bits per heavy atom. The highest BCUT2D eigenvalue weighted by atomic mass is 16.1. The number of aromatic nitrogens is 3. The molecular weight excluding hydrogens is 240 g/mol. The van der Waals surface area contributed by atoms with Gasteiger partial charge in [-0.15, -0.1) is 0 Å². The minimum absolute atomic E-state index is 0.478. The van der Waals surface area contributed by atoms with Crippen LogP contribution in [0.25, 0.3) is 21.9 Å². The molecule has 0 unspecified atom stereocenters. The summed E-state index contributed by atoms with van der Waals surface area (Å²) in [5.41, 5.74) is 8.00. The number of aldehydes is 1. The van der Waals surface area contributed by atoms with Gasteiger partial charge in [-0.25, -0.2) is 4.98 Å². The number of hydrogen-bond donors (Lipinski definition) is 1. The van der Waals surface area contributed by atoms with Crippen molar-refractivity contribution in [2.75, 3.05) is 5.73 Å². The van der Waals surface area contributed by atoms with E-state index in [1.54, 1.807) is 24.1 Å². The highest BCUT2D eigenvalue weighted by Gasteiger charge is 2.10. The fraction of sp³-hybridized carbons (Fsp3) is 0.0714. The molecule has 19 heavy (non-hydrogen) atoms. The van der Waals surface area contributed by atoms with Gasteiger partial charge in [-0.1, -0.05) is 12.1 Å². The second kappa shape index (κ2) is 4.20. The quantitative estimate of drug-likeness (QED) is 0.708. The first kappa shape index (κ1) is 11.4. The van der Waals surface area contributed by atoms with Crippen LogP contribution in [0.3, 0.4) is 0 Å². The smallest absolute Gasteiger partial charge is 0.168 e. The summed E-state index contributed by atoms with van der Waals surface area (Å²) in [6.45, 7) is 0. The van der Waals surface area contributed by atoms with E-state index in [0.717, 1.165) is 28.2 Å². The van der Waals surface area contributed by atoms with Crippen molar-refractivity contribution in [1.29, 1.82) is 0 Å². The van der Waals surface area contributed by atoms with Gasteiger partial charge in [-0.2, -0.15) is 5.10 Å². The number of carbonyl (C=O) groups is 1. The van der Waals surface area contributed by atoms with Crippen LogP contribution in [0.2, 0.25) is 0 Å². The molecular formula is C14H12N4O. The molecule has 0 radical (unpaired) electrons. The Kier molecular flexibility index (Phi) is 2.52. The lowest BCUT2D eigenvalue weighted by Crippen LogP contribution is -1.97. The number of nitrogens with two attached hydrogens (primary N) is 1. The fourth-order valence-electron chi connectivity index (χ4n) is 2.13. The summed E-state index contributed by atoms with van der Waals surface area (Å²) >= 11 is 0. The van der Waals surface area contributed by atoms with Gasteiger partial charge < -0.3 is 5.73 Å². The summed E-state index contributed by atoms with van der Waals surface area (Å²) in [6.07, 6.45) is 4.24. The van der Waals surface area contributed by atoms with Crippen LogP contribution in [0.15, 0.2) is 36.7 Å². The minimum Gasteiger partial charge on any atom is -0.384 e. The van der Waals surface area contributed by atoms with E-state index < -0.39 is 0 Å². The molecule has 3 aromatic rings. The summed E-state index contributed by atoms with van der Waals surface area (Å²) in [5.74, 6) is 0.478. The number of nitrogen functional groups attached to an aromatic ring is 1. The molecule has 0 aliphatic carbocycles. The van der Waals surface area contributed by atoms with Crippen molar-refractivity contribution in [2.24, 2.45) is 7.05 Å². The van der Waals surface area contributed by atoms with Crippen molar-refractivity contribution >= 4 is 22.9 Å². The second-order valence-corrected chi connectivity index (χ2v) is 4.36. The van der Waals surface area contributed by atoms with Crippen LogP contribution >= 0.6 is 0 Å². The SMILES string of the molecule is Cn1ncc(-c2ccc3cnc(N)cc3c2)c1C=O. The predicted molar refractivity (Wildman–Crippen MR) is 73.7 cm³/mol. The maximum Gasteiger partial charge on any atom is 0.168 e. The van der Waals surface area contributed by atoms with E-state index in [-0.39, 0.29) is 0 Å². The van der Waals surface area contributed by atoms with Crippen LogP contribution in [0.4, 0.5) is 5.82 Å². The molecule has 0 bridgehead atoms. The number of nitrogens with zero attached hydrogens (tertiary/aromatic N) is 3. The summed E-state index contributed by atoms with van der Waals surface area (Å²) in [7, 11) is 1.75. The molecule has 2 heterocycles. The van der Waals surface area contributed by atoms with Gasteiger partial charge in [0, 0.05) is 24.2 Å². The Morgan fingerprint density at radius 3 is 2.84 bits per heavy atom. The van der Waals surface area contributed by atoms with Crippen LogP contribution in [0.1, 0.15) is 10.5 Å². The Labute approximate surface area is 109 Å². The zero-order valence-electron chi connectivity index (χ0n) is 10.4. The molecule has 0 saturated carbocycles. The first-order chi connectivity index (χ1) is 9.19. The van der Waals surface area contributed by atoms with Crippen LogP contribution in [0.5, 0.6) is 0 Å². The van der Waals surface area contributed by atoms with E-state index in [1.807, 2.05) is 24.3 Å². The average Bonchev–Trinajstić information content (AvgIpc) is 2.79. The van der Waals surface area contributed by atoms with E-state index >= 15 is 0 Å². The minimum atomic E-state index is 0.478. The van der Waals surface area contributed by atoms with Gasteiger partial charge in [0.2, 0.25) is 0 Å². The topological polar surface area (TPSA) is 73.8 Å². The maximum absolute atomic E-state index is 11.1. The standard InChI is InChI=1S/C14H12N4O/c1-18-13(8-19)12(7-17-18)9-2-3-10-6-16-14(15)5-11(10)4-9/h2-8H,1H3,(H2,15,16). The van der Waals surface area contributed by atoms with Gasteiger partial charge in [-0.3, -0.25) is 9.48 Å². The summed E-state index contributed by atoms with van der Waals surface area (Å²) in [6, 6.07) is 7.70. The van der Waals surface area contributed by atoms with Crippen molar-refractivity contribution in [1.82, 2.24) is 14.8 Å². The lowest BCUT2D eigenvalue weighted by Gasteiger charge is -2.03. The van der Waals surface area contributed by atoms with E-state index in [2.05, 4.69) is 10.1 Å². The molecule has 5 nitrogen and oxygen atoms in total. The highest BCUT2D eigenvalue weighted by molar-refractivity contribution is 5.91. The maximum atomic E-state index is 11.1. The number of hydrogen-bond acceptors (Lipinski definition) is 4. The summed E-state index contributed by atoms with van der Waals surface area (Å²) in [5, 5.41) is 6.11. The lowest BCUT2D eigenvalue weighted by atomic mass is 10.0. The first-order valence-corrected chi connectivity index (χ1v) is 5.82. The normalized spacial score (nSPS) is 10.8. The van der Waals surface area contributed by atoms with E-state index in [9.17, 15) is 4.79 Å². The number of fused-ring (bicyclic) bond motifs is 1. The van der Waals surface area contributed by atoms with E-state index in [1.165, 1.54) is 0 Å². The van der Waals surface area contributed by atoms with E-state index in [4.69, 9.17) is 5.73 Å². The van der Waals surface area contributed by atoms with Crippen LogP contribution in [-0.2, 0) is 7.05 Å². The molecule has 0 saturated heterocycles. The van der Waals surface area contributed by atoms with Crippen molar-refractivity contribution in [2.45, 2.75) is 0 Å². The molecule has 94 valence electrons. The number of aryl methyl sites for hydroxylation is 1. The van der Waals surface area contributed by atoms with Crippen LogP contribution < -0.4 is 5.73 Å². The molecule has 3 rings (SSSR count). The number of pyridine rings is 1. The number of rotatable bonds is 2. The molecule has 2 N–H and O–H groups in total. The van der Waals surface area contributed by atoms with Gasteiger partial charge in [-0.05, 0) is 23.1 Å². The summed E-state index contributed by atoms with van der Waals surface area (Å²) in [4.78, 5) is 15.2. The third-order valence-corrected chi connectivity index (χ3v) is 3.15. The molecule has 5 heteroatoms. The molecule has 0 amide bonds. The summed E-state index contributed by atoms with van der Waals surface area (Å²) < 4.78 is 1.56. The Balaban J connectivity index is 2.22. The average molecular weight is 252 g/mol. The zero-order valence-corrected chi connectivity index (χ0v) is 10.4. The molecule has 0 aliphatic heterocycles. The predicted octanol–water partition coefficient (Wildman–Crippen LogP) is 2.03. The monoisotopic (exact) mass is 252 g/mol. The third kappa shape index (κ3) is 1.85. The molecule has 0 spiro atoms. The van der Waals surface area contributed by atoms with Crippen molar-refractivity contribution in [3.63, 3.8) is 0 Å². The second-order valence-electron chi connectivity index (χ2n) is 4.36. The number of anilines is 1. The Morgan fingerprint density at radius 1 is 1.21 bits per heavy atom. The lowest BCUT2D eigenvalue weighted by molar-refractivity contribution is 0.111. The molecule has 2 aromatic heterocycles. The molecule has 0 atom stereocenters. The zero-order chi connectivity index (χ0) is 13.4. The Hall–Kier alpha value is -2.69. The van der Waals surface area contributed by atoms with Crippen LogP contribution in [0, 0.1) is 0 Å². The molecule has 0 fully saturated rings. The van der Waals surface area contributed by atoms with Crippen LogP contribution in [-0.4, -0.2) is 21.1 Å². The fourth-order valence-corrected chi connectivity index (χ4v) is 2.13. The molecule has 0 aliphatic rings.